The molecule has 0 radical (unpaired) electrons. The molecule has 1 aromatic heterocycles. The van der Waals surface area contributed by atoms with Crippen molar-refractivity contribution in [3.8, 4) is 11.4 Å². The van der Waals surface area contributed by atoms with Crippen LogP contribution < -0.4 is 4.90 Å². The lowest BCUT2D eigenvalue weighted by atomic mass is 10.0. The predicted molar refractivity (Wildman–Crippen MR) is 103 cm³/mol. The summed E-state index contributed by atoms with van der Waals surface area (Å²) in [7, 11) is 0. The quantitative estimate of drug-likeness (QED) is 0.650. The van der Waals surface area contributed by atoms with Gasteiger partial charge in [-0.2, -0.15) is 0 Å². The maximum absolute atomic E-state index is 4.96. The van der Waals surface area contributed by atoms with E-state index in [4.69, 9.17) is 9.97 Å². The number of halogens is 1. The molecule has 1 unspecified atom stereocenters. The van der Waals surface area contributed by atoms with Crippen LogP contribution in [-0.2, 0) is 0 Å². The van der Waals surface area contributed by atoms with Crippen molar-refractivity contribution in [1.82, 2.24) is 9.97 Å². The molecule has 2 aromatic carbocycles. The van der Waals surface area contributed by atoms with Crippen molar-refractivity contribution < 1.29 is 0 Å². The molecule has 3 aromatic rings. The zero-order valence-corrected chi connectivity index (χ0v) is 14.7. The Morgan fingerprint density at radius 3 is 2.46 bits per heavy atom. The lowest BCUT2D eigenvalue weighted by Gasteiger charge is -2.35. The SMILES string of the molecule is CC1CCCCN1c1nc(-c2ccccc2)nc2ccccc12.Cl. The Bertz CT molecular complexity index is 819. The molecule has 3 nitrogen and oxygen atoms in total. The number of fused-ring (bicyclic) bond motifs is 1. The highest BCUT2D eigenvalue weighted by Crippen LogP contribution is 2.31. The number of rotatable bonds is 2. The van der Waals surface area contributed by atoms with E-state index in [1.807, 2.05) is 24.3 Å². The molecular formula is C20H22ClN3. The lowest BCUT2D eigenvalue weighted by molar-refractivity contribution is 0.482. The van der Waals surface area contributed by atoms with Gasteiger partial charge in [-0.3, -0.25) is 0 Å². The van der Waals surface area contributed by atoms with Crippen molar-refractivity contribution in [2.75, 3.05) is 11.4 Å². The second-order valence-corrected chi connectivity index (χ2v) is 6.29. The molecule has 1 aliphatic rings. The molecular weight excluding hydrogens is 318 g/mol. The normalized spacial score (nSPS) is 17.5. The topological polar surface area (TPSA) is 29.0 Å². The maximum atomic E-state index is 4.96. The molecule has 4 heteroatoms. The van der Waals surface area contributed by atoms with E-state index in [2.05, 4.69) is 42.2 Å². The average molecular weight is 340 g/mol. The van der Waals surface area contributed by atoms with Crippen LogP contribution in [0.25, 0.3) is 22.3 Å². The van der Waals surface area contributed by atoms with Crippen molar-refractivity contribution in [3.63, 3.8) is 0 Å². The zero-order valence-electron chi connectivity index (χ0n) is 13.9. The number of hydrogen-bond acceptors (Lipinski definition) is 3. The van der Waals surface area contributed by atoms with E-state index in [9.17, 15) is 0 Å². The van der Waals surface area contributed by atoms with Gasteiger partial charge in [0.2, 0.25) is 0 Å². The minimum Gasteiger partial charge on any atom is -0.353 e. The Labute approximate surface area is 149 Å². The molecule has 124 valence electrons. The van der Waals surface area contributed by atoms with E-state index in [-0.39, 0.29) is 12.4 Å². The largest absolute Gasteiger partial charge is 0.353 e. The smallest absolute Gasteiger partial charge is 0.162 e. The zero-order chi connectivity index (χ0) is 15.6. The lowest BCUT2D eigenvalue weighted by Crippen LogP contribution is -2.38. The summed E-state index contributed by atoms with van der Waals surface area (Å²) in [5.74, 6) is 1.90. The molecule has 4 rings (SSSR count). The van der Waals surface area contributed by atoms with Crippen LogP contribution in [0.4, 0.5) is 5.82 Å². The summed E-state index contributed by atoms with van der Waals surface area (Å²) in [4.78, 5) is 12.2. The Balaban J connectivity index is 0.00000169. The molecule has 1 saturated heterocycles. The number of para-hydroxylation sites is 1. The van der Waals surface area contributed by atoms with Gasteiger partial charge < -0.3 is 4.90 Å². The number of anilines is 1. The first kappa shape index (κ1) is 16.7. The first-order valence-corrected chi connectivity index (χ1v) is 8.42. The van der Waals surface area contributed by atoms with Gasteiger partial charge >= 0.3 is 0 Å². The first-order valence-electron chi connectivity index (χ1n) is 8.42. The molecule has 2 heterocycles. The number of aromatic nitrogens is 2. The van der Waals surface area contributed by atoms with Gasteiger partial charge in [0.15, 0.2) is 5.82 Å². The van der Waals surface area contributed by atoms with Crippen molar-refractivity contribution in [3.05, 3.63) is 54.6 Å². The highest BCUT2D eigenvalue weighted by molar-refractivity contribution is 5.91. The molecule has 0 saturated carbocycles. The van der Waals surface area contributed by atoms with E-state index < -0.39 is 0 Å². The highest BCUT2D eigenvalue weighted by Gasteiger charge is 2.22. The van der Waals surface area contributed by atoms with E-state index in [1.165, 1.54) is 19.3 Å². The average Bonchev–Trinajstić information content (AvgIpc) is 2.62. The van der Waals surface area contributed by atoms with Gasteiger partial charge in [-0.15, -0.1) is 12.4 Å². The summed E-state index contributed by atoms with van der Waals surface area (Å²) in [6.45, 7) is 3.38. The molecule has 0 spiro atoms. The van der Waals surface area contributed by atoms with Gasteiger partial charge in [0, 0.05) is 23.5 Å². The molecule has 0 bridgehead atoms. The molecule has 24 heavy (non-hydrogen) atoms. The molecule has 0 aliphatic carbocycles. The second-order valence-electron chi connectivity index (χ2n) is 6.29. The summed E-state index contributed by atoms with van der Waals surface area (Å²) in [6, 6.07) is 19.1. The number of benzene rings is 2. The molecule has 0 N–H and O–H groups in total. The third kappa shape index (κ3) is 3.09. The van der Waals surface area contributed by atoms with E-state index in [1.54, 1.807) is 0 Å². The number of nitrogens with zero attached hydrogens (tertiary/aromatic N) is 3. The third-order valence-corrected chi connectivity index (χ3v) is 4.69. The minimum atomic E-state index is 0. The van der Waals surface area contributed by atoms with Crippen LogP contribution in [0, 0.1) is 0 Å². The Morgan fingerprint density at radius 2 is 1.67 bits per heavy atom. The van der Waals surface area contributed by atoms with Gasteiger partial charge in [-0.1, -0.05) is 42.5 Å². The standard InChI is InChI=1S/C20H21N3.ClH/c1-15-9-7-8-14-23(15)20-17-12-5-6-13-18(17)21-19(22-20)16-10-3-2-4-11-16;/h2-6,10-13,15H,7-9,14H2,1H3;1H. The van der Waals surface area contributed by atoms with Crippen LogP contribution in [0.15, 0.2) is 54.6 Å². The Hall–Kier alpha value is -2.13. The van der Waals surface area contributed by atoms with Crippen LogP contribution in [0.3, 0.4) is 0 Å². The molecule has 1 aliphatic heterocycles. The highest BCUT2D eigenvalue weighted by atomic mass is 35.5. The van der Waals surface area contributed by atoms with Crippen molar-refractivity contribution in [2.45, 2.75) is 32.2 Å². The maximum Gasteiger partial charge on any atom is 0.162 e. The molecule has 1 atom stereocenters. The second kappa shape index (κ2) is 7.18. The van der Waals surface area contributed by atoms with Crippen LogP contribution in [-0.4, -0.2) is 22.6 Å². The fourth-order valence-electron chi connectivity index (χ4n) is 3.41. The molecule has 0 amide bonds. The van der Waals surface area contributed by atoms with E-state index in [0.717, 1.165) is 34.7 Å². The monoisotopic (exact) mass is 339 g/mol. The van der Waals surface area contributed by atoms with Crippen LogP contribution in [0.2, 0.25) is 0 Å². The van der Waals surface area contributed by atoms with Gasteiger partial charge in [-0.25, -0.2) is 9.97 Å². The summed E-state index contributed by atoms with van der Waals surface area (Å²) < 4.78 is 0. The number of hydrogen-bond donors (Lipinski definition) is 0. The van der Waals surface area contributed by atoms with Crippen molar-refractivity contribution in [1.29, 1.82) is 0 Å². The predicted octanol–water partition coefficient (Wildman–Crippen LogP) is 5.10. The first-order chi connectivity index (χ1) is 11.3. The Kier molecular flexibility index (Phi) is 5.00. The van der Waals surface area contributed by atoms with Crippen LogP contribution >= 0.6 is 12.4 Å². The fourth-order valence-corrected chi connectivity index (χ4v) is 3.41. The van der Waals surface area contributed by atoms with E-state index in [0.29, 0.717) is 6.04 Å². The van der Waals surface area contributed by atoms with Crippen molar-refractivity contribution in [2.24, 2.45) is 0 Å². The molecule has 1 fully saturated rings. The summed E-state index contributed by atoms with van der Waals surface area (Å²) >= 11 is 0. The Morgan fingerprint density at radius 1 is 0.917 bits per heavy atom. The summed E-state index contributed by atoms with van der Waals surface area (Å²) in [6.07, 6.45) is 3.79. The minimum absolute atomic E-state index is 0. The van der Waals surface area contributed by atoms with Gasteiger partial charge in [0.05, 0.1) is 5.52 Å². The summed E-state index contributed by atoms with van der Waals surface area (Å²) in [5.41, 5.74) is 2.10. The van der Waals surface area contributed by atoms with Gasteiger partial charge in [0.1, 0.15) is 5.82 Å². The summed E-state index contributed by atoms with van der Waals surface area (Å²) in [5, 5.41) is 1.15. The van der Waals surface area contributed by atoms with Crippen LogP contribution in [0.1, 0.15) is 26.2 Å². The number of piperidine rings is 1. The van der Waals surface area contributed by atoms with Crippen LogP contribution in [0.5, 0.6) is 0 Å². The van der Waals surface area contributed by atoms with Crippen molar-refractivity contribution >= 4 is 29.1 Å². The van der Waals surface area contributed by atoms with E-state index >= 15 is 0 Å². The third-order valence-electron chi connectivity index (χ3n) is 4.69. The van der Waals surface area contributed by atoms with Gasteiger partial charge in [-0.05, 0) is 38.3 Å². The van der Waals surface area contributed by atoms with Gasteiger partial charge in [0.25, 0.3) is 0 Å². The fraction of sp³-hybridized carbons (Fsp3) is 0.300.